The van der Waals surface area contributed by atoms with Crippen LogP contribution >= 0.6 is 11.8 Å². The van der Waals surface area contributed by atoms with E-state index < -0.39 is 5.51 Å². The van der Waals surface area contributed by atoms with Gasteiger partial charge in [0.2, 0.25) is 0 Å². The van der Waals surface area contributed by atoms with Crippen LogP contribution in [0.15, 0.2) is 17.0 Å². The Balaban J connectivity index is 3.08. The summed E-state index contributed by atoms with van der Waals surface area (Å²) in [7, 11) is 1.44. The Labute approximate surface area is 90.6 Å². The molecule has 1 nitrogen and oxygen atoms in total. The Morgan fingerprint density at radius 3 is 2.20 bits per heavy atom. The van der Waals surface area contributed by atoms with Crippen molar-refractivity contribution in [2.24, 2.45) is 0 Å². The van der Waals surface area contributed by atoms with Gasteiger partial charge in [0.05, 0.1) is 7.11 Å². The third kappa shape index (κ3) is 3.34. The number of aryl methyl sites for hydroxylation is 2. The molecule has 15 heavy (non-hydrogen) atoms. The lowest BCUT2D eigenvalue weighted by Gasteiger charge is -2.12. The quantitative estimate of drug-likeness (QED) is 0.720. The summed E-state index contributed by atoms with van der Waals surface area (Å²) in [6.07, 6.45) is 0. The Morgan fingerprint density at radius 1 is 1.13 bits per heavy atom. The normalized spacial score (nSPS) is 11.6. The summed E-state index contributed by atoms with van der Waals surface area (Å²) in [5.41, 5.74) is -2.82. The first kappa shape index (κ1) is 12.2. The number of alkyl halides is 3. The molecule has 5 heteroatoms. The van der Waals surface area contributed by atoms with Crippen LogP contribution in [0.25, 0.3) is 0 Å². The molecule has 0 fully saturated rings. The molecule has 0 atom stereocenters. The van der Waals surface area contributed by atoms with E-state index in [2.05, 4.69) is 0 Å². The van der Waals surface area contributed by atoms with Crippen LogP contribution in [-0.2, 0) is 0 Å². The van der Waals surface area contributed by atoms with Crippen LogP contribution in [0, 0.1) is 13.8 Å². The summed E-state index contributed by atoms with van der Waals surface area (Å²) < 4.78 is 41.5. The van der Waals surface area contributed by atoms with Crippen LogP contribution in [0.2, 0.25) is 0 Å². The van der Waals surface area contributed by atoms with Crippen molar-refractivity contribution in [2.75, 3.05) is 7.11 Å². The minimum absolute atomic E-state index is 0.114. The summed E-state index contributed by atoms with van der Waals surface area (Å²) >= 11 is -0.114. The molecular weight excluding hydrogens is 225 g/mol. The molecule has 0 aliphatic rings. The summed E-state index contributed by atoms with van der Waals surface area (Å²) in [5, 5.41) is 0. The molecule has 0 bridgehead atoms. The SMILES string of the molecule is COc1cc(SC(F)(F)F)c(C)cc1C. The third-order valence-corrected chi connectivity index (χ3v) is 2.81. The van der Waals surface area contributed by atoms with Crippen molar-refractivity contribution in [3.8, 4) is 5.75 Å². The largest absolute Gasteiger partial charge is 0.496 e. The molecule has 1 aromatic carbocycles. The third-order valence-electron chi connectivity index (χ3n) is 1.92. The molecule has 0 amide bonds. The smallest absolute Gasteiger partial charge is 0.446 e. The monoisotopic (exact) mass is 236 g/mol. The van der Waals surface area contributed by atoms with Crippen molar-refractivity contribution < 1.29 is 17.9 Å². The van der Waals surface area contributed by atoms with E-state index in [1.54, 1.807) is 19.9 Å². The van der Waals surface area contributed by atoms with Gasteiger partial charge in [-0.15, -0.1) is 0 Å². The first-order chi connectivity index (χ1) is 6.83. The van der Waals surface area contributed by atoms with E-state index in [4.69, 9.17) is 4.74 Å². The Bertz CT molecular complexity index is 360. The molecule has 0 aliphatic carbocycles. The maximum atomic E-state index is 12.2. The van der Waals surface area contributed by atoms with Gasteiger partial charge in [-0.1, -0.05) is 6.07 Å². The number of benzene rings is 1. The second kappa shape index (κ2) is 4.35. The van der Waals surface area contributed by atoms with Crippen molar-refractivity contribution in [1.82, 2.24) is 0 Å². The number of thioether (sulfide) groups is 1. The summed E-state index contributed by atoms with van der Waals surface area (Å²) in [6.45, 7) is 3.45. The standard InChI is InChI=1S/C10H11F3OS/c1-6-4-7(2)9(5-8(6)14-3)15-10(11,12)13/h4-5H,1-3H3. The Kier molecular flexibility index (Phi) is 3.54. The lowest BCUT2D eigenvalue weighted by molar-refractivity contribution is -0.0328. The molecule has 0 aliphatic heterocycles. The maximum absolute atomic E-state index is 12.2. The van der Waals surface area contributed by atoms with Gasteiger partial charge in [0.25, 0.3) is 0 Å². The van der Waals surface area contributed by atoms with Crippen LogP contribution in [0.5, 0.6) is 5.75 Å². The van der Waals surface area contributed by atoms with Gasteiger partial charge in [-0.2, -0.15) is 13.2 Å². The molecule has 0 saturated carbocycles. The number of methoxy groups -OCH3 is 1. The van der Waals surface area contributed by atoms with E-state index in [1.165, 1.54) is 13.2 Å². The van der Waals surface area contributed by atoms with Gasteiger partial charge in [-0.05, 0) is 42.8 Å². The van der Waals surface area contributed by atoms with Gasteiger partial charge in [-0.25, -0.2) is 0 Å². The van der Waals surface area contributed by atoms with E-state index in [0.29, 0.717) is 11.3 Å². The lowest BCUT2D eigenvalue weighted by Crippen LogP contribution is -2.01. The number of rotatable bonds is 2. The minimum atomic E-state index is -4.26. The summed E-state index contributed by atoms with van der Waals surface area (Å²) in [4.78, 5) is 0.185. The molecule has 0 N–H and O–H groups in total. The highest BCUT2D eigenvalue weighted by atomic mass is 32.2. The first-order valence-corrected chi connectivity index (χ1v) is 5.06. The van der Waals surface area contributed by atoms with Crippen molar-refractivity contribution in [3.05, 3.63) is 23.3 Å². The van der Waals surface area contributed by atoms with Crippen LogP contribution in [-0.4, -0.2) is 12.6 Å². The maximum Gasteiger partial charge on any atom is 0.446 e. The fourth-order valence-electron chi connectivity index (χ4n) is 1.27. The first-order valence-electron chi connectivity index (χ1n) is 4.24. The van der Waals surface area contributed by atoms with E-state index in [1.807, 2.05) is 0 Å². The predicted molar refractivity (Wildman–Crippen MR) is 54.4 cm³/mol. The lowest BCUT2D eigenvalue weighted by atomic mass is 10.1. The molecule has 1 aromatic rings. The zero-order chi connectivity index (χ0) is 11.6. The van der Waals surface area contributed by atoms with Gasteiger partial charge in [0, 0.05) is 4.90 Å². The van der Waals surface area contributed by atoms with Crippen LogP contribution in [0.1, 0.15) is 11.1 Å². The molecule has 0 heterocycles. The highest BCUT2D eigenvalue weighted by Crippen LogP contribution is 2.40. The molecule has 0 unspecified atom stereocenters. The average Bonchev–Trinajstić information content (AvgIpc) is 2.07. The Morgan fingerprint density at radius 2 is 1.73 bits per heavy atom. The number of halogens is 3. The fourth-order valence-corrected chi connectivity index (χ4v) is 1.90. The van der Waals surface area contributed by atoms with Crippen molar-refractivity contribution >= 4 is 11.8 Å². The van der Waals surface area contributed by atoms with Crippen LogP contribution in [0.4, 0.5) is 13.2 Å². The van der Waals surface area contributed by atoms with Crippen LogP contribution in [0.3, 0.4) is 0 Å². The minimum Gasteiger partial charge on any atom is -0.496 e. The Hall–Kier alpha value is -0.840. The van der Waals surface area contributed by atoms with E-state index in [0.717, 1.165) is 5.56 Å². The zero-order valence-electron chi connectivity index (χ0n) is 8.61. The van der Waals surface area contributed by atoms with Crippen LogP contribution < -0.4 is 4.74 Å². The molecule has 0 aromatic heterocycles. The molecule has 0 spiro atoms. The summed E-state index contributed by atoms with van der Waals surface area (Å²) in [6, 6.07) is 3.11. The van der Waals surface area contributed by atoms with Crippen molar-refractivity contribution in [2.45, 2.75) is 24.3 Å². The second-order valence-electron chi connectivity index (χ2n) is 3.14. The molecule has 1 rings (SSSR count). The fraction of sp³-hybridized carbons (Fsp3) is 0.400. The van der Waals surface area contributed by atoms with Gasteiger partial charge in [0.15, 0.2) is 0 Å². The summed E-state index contributed by atoms with van der Waals surface area (Å²) in [5.74, 6) is 0.479. The number of hydrogen-bond donors (Lipinski definition) is 0. The highest BCUT2D eigenvalue weighted by molar-refractivity contribution is 8.00. The van der Waals surface area contributed by atoms with E-state index in [-0.39, 0.29) is 16.7 Å². The number of ether oxygens (including phenoxy) is 1. The predicted octanol–water partition coefficient (Wildman–Crippen LogP) is 3.92. The van der Waals surface area contributed by atoms with Crippen molar-refractivity contribution in [3.63, 3.8) is 0 Å². The van der Waals surface area contributed by atoms with Gasteiger partial charge in [0.1, 0.15) is 5.75 Å². The van der Waals surface area contributed by atoms with E-state index >= 15 is 0 Å². The second-order valence-corrected chi connectivity index (χ2v) is 4.24. The molecule has 0 saturated heterocycles. The molecular formula is C10H11F3OS. The topological polar surface area (TPSA) is 9.23 Å². The van der Waals surface area contributed by atoms with Gasteiger partial charge in [-0.3, -0.25) is 0 Å². The average molecular weight is 236 g/mol. The number of hydrogen-bond acceptors (Lipinski definition) is 2. The molecule has 84 valence electrons. The van der Waals surface area contributed by atoms with Gasteiger partial charge < -0.3 is 4.74 Å². The van der Waals surface area contributed by atoms with E-state index in [9.17, 15) is 13.2 Å². The molecule has 0 radical (unpaired) electrons. The van der Waals surface area contributed by atoms with Crippen molar-refractivity contribution in [1.29, 1.82) is 0 Å². The zero-order valence-corrected chi connectivity index (χ0v) is 9.42. The van der Waals surface area contributed by atoms with Gasteiger partial charge >= 0.3 is 5.51 Å². The highest BCUT2D eigenvalue weighted by Gasteiger charge is 2.30.